The number of halogens is 3. The zero-order valence-electron chi connectivity index (χ0n) is 23.0. The van der Waals surface area contributed by atoms with Gasteiger partial charge >= 0.3 is 6.09 Å². The molecule has 2 aromatic carbocycles. The standard InChI is InChI=1S/C28H30Cl2FN3O5S/c1-14(2)38-20-8-7-15(11-18(20)29)24-32-33-25(40-24)17-12-19(31)23-21(22(17)30)27(3,4)39-26(35)34-16(9-10-36-23)13-37-28(34,5)6/h7-8,11-12,14,16H,9-10,13H2,1-6H3/t16-/m1/s1. The second-order valence-electron chi connectivity index (χ2n) is 10.9. The molecule has 1 saturated heterocycles. The maximum atomic E-state index is 15.7. The first-order valence-electron chi connectivity index (χ1n) is 12.9. The average Bonchev–Trinajstić information content (AvgIpc) is 3.45. The Balaban J connectivity index is 1.53. The van der Waals surface area contributed by atoms with Crippen molar-refractivity contribution in [3.63, 3.8) is 0 Å². The SMILES string of the molecule is CC(C)Oc1ccc(-c2nnc(-c3cc(F)c4c(c3Cl)C(C)(C)OC(=O)N3[C@H](CCO4)COC3(C)C)s2)cc1Cl. The minimum atomic E-state index is -1.35. The Hall–Kier alpha value is -2.66. The Labute approximate surface area is 246 Å². The van der Waals surface area contributed by atoms with E-state index in [1.54, 1.807) is 44.7 Å². The van der Waals surface area contributed by atoms with Crippen molar-refractivity contribution < 1.29 is 28.1 Å². The average molecular weight is 611 g/mol. The van der Waals surface area contributed by atoms with Crippen molar-refractivity contribution in [3.8, 4) is 32.6 Å². The molecule has 2 aliphatic rings. The second-order valence-corrected chi connectivity index (χ2v) is 12.7. The highest BCUT2D eigenvalue weighted by Crippen LogP contribution is 2.47. The van der Waals surface area contributed by atoms with Crippen LogP contribution >= 0.6 is 34.5 Å². The number of nitrogens with zero attached hydrogens (tertiary/aromatic N) is 3. The van der Waals surface area contributed by atoms with E-state index in [0.29, 0.717) is 39.4 Å². The number of aromatic nitrogens is 2. The minimum Gasteiger partial charge on any atom is -0.490 e. The van der Waals surface area contributed by atoms with Crippen LogP contribution in [0.15, 0.2) is 24.3 Å². The van der Waals surface area contributed by atoms with Crippen LogP contribution in [0.5, 0.6) is 11.5 Å². The number of hydrogen-bond acceptors (Lipinski definition) is 8. The van der Waals surface area contributed by atoms with E-state index in [1.807, 2.05) is 19.9 Å². The van der Waals surface area contributed by atoms with E-state index in [-0.39, 0.29) is 35.1 Å². The van der Waals surface area contributed by atoms with Crippen molar-refractivity contribution in [2.75, 3.05) is 13.2 Å². The van der Waals surface area contributed by atoms with Crippen LogP contribution in [0.2, 0.25) is 10.0 Å². The summed E-state index contributed by atoms with van der Waals surface area (Å²) in [7, 11) is 0. The highest BCUT2D eigenvalue weighted by molar-refractivity contribution is 7.18. The van der Waals surface area contributed by atoms with Crippen LogP contribution < -0.4 is 9.47 Å². The first-order chi connectivity index (χ1) is 18.8. The molecule has 0 aliphatic carbocycles. The van der Waals surface area contributed by atoms with Gasteiger partial charge in [0.1, 0.15) is 27.1 Å². The van der Waals surface area contributed by atoms with Crippen molar-refractivity contribution in [2.45, 2.75) is 71.4 Å². The Kier molecular flexibility index (Phi) is 7.67. The minimum absolute atomic E-state index is 0.0243. The van der Waals surface area contributed by atoms with Gasteiger partial charge in [0.2, 0.25) is 0 Å². The summed E-state index contributed by atoms with van der Waals surface area (Å²) in [5.74, 6) is -0.139. The first-order valence-corrected chi connectivity index (χ1v) is 14.5. The molecule has 1 fully saturated rings. The molecule has 214 valence electrons. The summed E-state index contributed by atoms with van der Waals surface area (Å²) in [5, 5.41) is 10.1. The molecule has 5 rings (SSSR count). The second kappa shape index (κ2) is 10.6. The number of fused-ring (bicyclic) bond motifs is 2. The number of cyclic esters (lactones) is 1. The van der Waals surface area contributed by atoms with Crippen LogP contribution in [0.4, 0.5) is 9.18 Å². The summed E-state index contributed by atoms with van der Waals surface area (Å²) in [4.78, 5) is 14.9. The monoisotopic (exact) mass is 609 g/mol. The molecule has 8 nitrogen and oxygen atoms in total. The van der Waals surface area contributed by atoms with Crippen LogP contribution in [0.25, 0.3) is 21.1 Å². The molecular formula is C28H30Cl2FN3O5S. The molecule has 0 unspecified atom stereocenters. The summed E-state index contributed by atoms with van der Waals surface area (Å²) < 4.78 is 39.1. The van der Waals surface area contributed by atoms with Gasteiger partial charge in [-0.25, -0.2) is 9.18 Å². The summed E-state index contributed by atoms with van der Waals surface area (Å²) in [5.41, 5.74) is -0.970. The van der Waals surface area contributed by atoms with Gasteiger partial charge in [-0.1, -0.05) is 34.5 Å². The molecule has 1 amide bonds. The fraction of sp³-hybridized carbons (Fsp3) is 0.464. The number of carbonyl (C=O) groups excluding carboxylic acids is 1. The van der Waals surface area contributed by atoms with Crippen LogP contribution in [-0.2, 0) is 15.1 Å². The van der Waals surface area contributed by atoms with E-state index < -0.39 is 23.2 Å². The maximum absolute atomic E-state index is 15.7. The van der Waals surface area contributed by atoms with Gasteiger partial charge < -0.3 is 18.9 Å². The fourth-order valence-corrected chi connectivity index (χ4v) is 6.56. The van der Waals surface area contributed by atoms with Crippen molar-refractivity contribution in [2.24, 2.45) is 0 Å². The number of rotatable bonds is 4. The van der Waals surface area contributed by atoms with Gasteiger partial charge in [0.25, 0.3) is 0 Å². The van der Waals surface area contributed by atoms with E-state index in [0.717, 1.165) is 5.56 Å². The fourth-order valence-electron chi connectivity index (χ4n) is 4.96. The molecule has 1 atom stereocenters. The highest BCUT2D eigenvalue weighted by atomic mass is 35.5. The predicted molar refractivity (Wildman–Crippen MR) is 152 cm³/mol. The van der Waals surface area contributed by atoms with Crippen molar-refractivity contribution in [3.05, 3.63) is 45.7 Å². The lowest BCUT2D eigenvalue weighted by atomic mass is 9.94. The van der Waals surface area contributed by atoms with Crippen molar-refractivity contribution in [1.29, 1.82) is 0 Å². The van der Waals surface area contributed by atoms with Gasteiger partial charge in [0.05, 0.1) is 41.0 Å². The summed E-state index contributed by atoms with van der Waals surface area (Å²) in [6.45, 7) is 11.2. The van der Waals surface area contributed by atoms with Gasteiger partial charge in [-0.15, -0.1) is 10.2 Å². The Morgan fingerprint density at radius 1 is 1.15 bits per heavy atom. The number of hydrogen-bond donors (Lipinski definition) is 0. The van der Waals surface area contributed by atoms with Gasteiger partial charge in [0.15, 0.2) is 11.6 Å². The number of ether oxygens (including phenoxy) is 4. The Morgan fingerprint density at radius 3 is 2.58 bits per heavy atom. The zero-order chi connectivity index (χ0) is 29.0. The van der Waals surface area contributed by atoms with Crippen LogP contribution in [-0.4, -0.2) is 52.3 Å². The molecule has 0 spiro atoms. The van der Waals surface area contributed by atoms with Crippen LogP contribution in [0.3, 0.4) is 0 Å². The van der Waals surface area contributed by atoms with Crippen LogP contribution in [0.1, 0.15) is 53.5 Å². The first kappa shape index (κ1) is 28.9. The van der Waals surface area contributed by atoms with E-state index in [9.17, 15) is 4.79 Å². The van der Waals surface area contributed by atoms with Gasteiger partial charge in [-0.3, -0.25) is 4.90 Å². The molecule has 0 N–H and O–H groups in total. The molecule has 3 heterocycles. The van der Waals surface area contributed by atoms with Gasteiger partial charge in [0, 0.05) is 17.5 Å². The normalized spacial score (nSPS) is 20.0. The van der Waals surface area contributed by atoms with E-state index in [1.165, 1.54) is 17.4 Å². The molecule has 1 aromatic heterocycles. The lowest BCUT2D eigenvalue weighted by Crippen LogP contribution is -2.50. The topological polar surface area (TPSA) is 83.0 Å². The van der Waals surface area contributed by atoms with Crippen molar-refractivity contribution >= 4 is 40.6 Å². The molecular weight excluding hydrogens is 580 g/mol. The van der Waals surface area contributed by atoms with Crippen molar-refractivity contribution in [1.82, 2.24) is 15.1 Å². The molecule has 40 heavy (non-hydrogen) atoms. The molecule has 0 radical (unpaired) electrons. The molecule has 12 heteroatoms. The van der Waals surface area contributed by atoms with Gasteiger partial charge in [-0.2, -0.15) is 0 Å². The predicted octanol–water partition coefficient (Wildman–Crippen LogP) is 7.70. The Morgan fingerprint density at radius 2 is 1.88 bits per heavy atom. The van der Waals surface area contributed by atoms with Gasteiger partial charge in [-0.05, 0) is 65.8 Å². The molecule has 0 saturated carbocycles. The number of amides is 1. The zero-order valence-corrected chi connectivity index (χ0v) is 25.3. The lowest BCUT2D eigenvalue weighted by Gasteiger charge is -2.38. The quantitative estimate of drug-likeness (QED) is 0.300. The smallest absolute Gasteiger partial charge is 0.413 e. The molecule has 0 bridgehead atoms. The third kappa shape index (κ3) is 5.34. The summed E-state index contributed by atoms with van der Waals surface area (Å²) >= 11 is 14.6. The van der Waals surface area contributed by atoms with E-state index in [2.05, 4.69) is 10.2 Å². The van der Waals surface area contributed by atoms with E-state index in [4.69, 9.17) is 42.1 Å². The third-order valence-corrected chi connectivity index (χ3v) is 8.47. The summed E-state index contributed by atoms with van der Waals surface area (Å²) in [6, 6.07) is 6.35. The highest BCUT2D eigenvalue weighted by Gasteiger charge is 2.47. The Bertz CT molecular complexity index is 1460. The molecule has 3 aromatic rings. The third-order valence-electron chi connectivity index (χ3n) is 6.78. The van der Waals surface area contributed by atoms with E-state index >= 15 is 4.39 Å². The summed E-state index contributed by atoms with van der Waals surface area (Å²) in [6.07, 6.45) is -0.170. The molecule has 2 aliphatic heterocycles. The number of benzene rings is 2. The lowest BCUT2D eigenvalue weighted by molar-refractivity contribution is -0.0685. The van der Waals surface area contributed by atoms with Crippen LogP contribution in [0, 0.1) is 5.82 Å². The number of carbonyl (C=O) groups is 1. The largest absolute Gasteiger partial charge is 0.490 e. The maximum Gasteiger partial charge on any atom is 0.413 e.